The Balaban J connectivity index is 1.46. The maximum Gasteiger partial charge on any atom is 0.306 e. The standard InChI is InChI=1S/C17H18N2O6/c1-10-7-15(19-25-10)18-17(21)11(2)24-16(20)6-4-12-3-5-13-14(8-12)23-9-22-13/h3,5,7-8,11H,4,6,9H2,1-2H3,(H,18,19,21)/t11-/m0/s1. The van der Waals surface area contributed by atoms with Gasteiger partial charge < -0.3 is 24.1 Å². The van der Waals surface area contributed by atoms with Gasteiger partial charge in [0, 0.05) is 12.5 Å². The second-order valence-corrected chi connectivity index (χ2v) is 5.63. The smallest absolute Gasteiger partial charge is 0.306 e. The number of hydrogen-bond acceptors (Lipinski definition) is 7. The van der Waals surface area contributed by atoms with Crippen LogP contribution >= 0.6 is 0 Å². The molecule has 0 spiro atoms. The van der Waals surface area contributed by atoms with E-state index in [1.165, 1.54) is 6.92 Å². The summed E-state index contributed by atoms with van der Waals surface area (Å²) in [6.07, 6.45) is -0.298. The van der Waals surface area contributed by atoms with Crippen LogP contribution in [0.5, 0.6) is 11.5 Å². The topological polar surface area (TPSA) is 99.9 Å². The lowest BCUT2D eigenvalue weighted by atomic mass is 10.1. The van der Waals surface area contributed by atoms with Gasteiger partial charge in [-0.15, -0.1) is 0 Å². The van der Waals surface area contributed by atoms with Gasteiger partial charge in [-0.05, 0) is 38.0 Å². The average Bonchev–Trinajstić information content (AvgIpc) is 3.21. The number of amides is 1. The van der Waals surface area contributed by atoms with Gasteiger partial charge in [0.05, 0.1) is 0 Å². The summed E-state index contributed by atoms with van der Waals surface area (Å²) in [6.45, 7) is 3.42. The Bertz CT molecular complexity index is 785. The number of carbonyl (C=O) groups is 2. The summed E-state index contributed by atoms with van der Waals surface area (Å²) >= 11 is 0. The van der Waals surface area contributed by atoms with Gasteiger partial charge in [0.15, 0.2) is 23.4 Å². The number of nitrogens with zero attached hydrogens (tertiary/aromatic N) is 1. The van der Waals surface area contributed by atoms with Crippen LogP contribution in [0.4, 0.5) is 5.82 Å². The molecule has 0 saturated heterocycles. The van der Waals surface area contributed by atoms with Crippen LogP contribution in [0.3, 0.4) is 0 Å². The maximum absolute atomic E-state index is 12.0. The van der Waals surface area contributed by atoms with Crippen molar-refractivity contribution >= 4 is 17.7 Å². The zero-order valence-corrected chi connectivity index (χ0v) is 13.9. The normalized spacial score (nSPS) is 13.4. The van der Waals surface area contributed by atoms with Crippen molar-refractivity contribution in [1.82, 2.24) is 5.16 Å². The lowest BCUT2D eigenvalue weighted by Crippen LogP contribution is -2.30. The number of rotatable bonds is 6. The van der Waals surface area contributed by atoms with Crippen LogP contribution in [0, 0.1) is 6.92 Å². The van der Waals surface area contributed by atoms with Gasteiger partial charge in [-0.2, -0.15) is 0 Å². The number of anilines is 1. The quantitative estimate of drug-likeness (QED) is 0.800. The number of nitrogens with one attached hydrogen (secondary N) is 1. The van der Waals surface area contributed by atoms with Crippen LogP contribution in [-0.2, 0) is 20.7 Å². The van der Waals surface area contributed by atoms with Crippen molar-refractivity contribution < 1.29 is 28.3 Å². The number of ether oxygens (including phenoxy) is 3. The van der Waals surface area contributed by atoms with E-state index in [1.807, 2.05) is 12.1 Å². The van der Waals surface area contributed by atoms with Crippen molar-refractivity contribution in [2.24, 2.45) is 0 Å². The highest BCUT2D eigenvalue weighted by Gasteiger charge is 2.19. The molecular formula is C17H18N2O6. The van der Waals surface area contributed by atoms with E-state index in [1.54, 1.807) is 19.1 Å². The van der Waals surface area contributed by atoms with Crippen LogP contribution in [0.25, 0.3) is 0 Å². The van der Waals surface area contributed by atoms with Crippen LogP contribution in [0.15, 0.2) is 28.8 Å². The van der Waals surface area contributed by atoms with E-state index < -0.39 is 18.0 Å². The van der Waals surface area contributed by atoms with Crippen molar-refractivity contribution in [2.75, 3.05) is 12.1 Å². The van der Waals surface area contributed by atoms with Crippen molar-refractivity contribution in [1.29, 1.82) is 0 Å². The SMILES string of the molecule is Cc1cc(NC(=O)[C@H](C)OC(=O)CCc2ccc3c(c2)OCO3)no1. The lowest BCUT2D eigenvalue weighted by Gasteiger charge is -2.12. The van der Waals surface area contributed by atoms with Crippen LogP contribution < -0.4 is 14.8 Å². The number of hydrogen-bond donors (Lipinski definition) is 1. The third-order valence-corrected chi connectivity index (χ3v) is 3.61. The van der Waals surface area contributed by atoms with Gasteiger partial charge in [-0.3, -0.25) is 9.59 Å². The zero-order valence-electron chi connectivity index (χ0n) is 13.9. The summed E-state index contributed by atoms with van der Waals surface area (Å²) in [4.78, 5) is 23.9. The van der Waals surface area contributed by atoms with E-state index in [0.29, 0.717) is 23.7 Å². The summed E-state index contributed by atoms with van der Waals surface area (Å²) < 4.78 is 20.5. The number of fused-ring (bicyclic) bond motifs is 1. The van der Waals surface area contributed by atoms with E-state index in [9.17, 15) is 9.59 Å². The summed E-state index contributed by atoms with van der Waals surface area (Å²) in [5.74, 6) is 1.29. The van der Waals surface area contributed by atoms with Crippen molar-refractivity contribution in [2.45, 2.75) is 32.8 Å². The third-order valence-electron chi connectivity index (χ3n) is 3.61. The molecule has 0 bridgehead atoms. The molecule has 1 amide bonds. The first-order chi connectivity index (χ1) is 12.0. The molecular weight excluding hydrogens is 328 g/mol. The molecule has 0 aliphatic carbocycles. The Kier molecular flexibility index (Phi) is 4.87. The van der Waals surface area contributed by atoms with E-state index in [-0.39, 0.29) is 19.0 Å². The number of aromatic nitrogens is 1. The molecule has 8 heteroatoms. The highest BCUT2D eigenvalue weighted by molar-refractivity contribution is 5.94. The van der Waals surface area contributed by atoms with Gasteiger partial charge in [-0.25, -0.2) is 0 Å². The lowest BCUT2D eigenvalue weighted by molar-refractivity contribution is -0.153. The fourth-order valence-electron chi connectivity index (χ4n) is 2.31. The van der Waals surface area contributed by atoms with Crippen LogP contribution in [-0.4, -0.2) is 29.9 Å². The Morgan fingerprint density at radius 2 is 2.08 bits per heavy atom. The predicted molar refractivity (Wildman–Crippen MR) is 86.3 cm³/mol. The monoisotopic (exact) mass is 346 g/mol. The summed E-state index contributed by atoms with van der Waals surface area (Å²) in [7, 11) is 0. The molecule has 3 rings (SSSR count). The highest BCUT2D eigenvalue weighted by Crippen LogP contribution is 2.32. The Labute approximate surface area is 144 Å². The predicted octanol–water partition coefficient (Wildman–Crippen LogP) is 2.21. The Morgan fingerprint density at radius 3 is 2.84 bits per heavy atom. The van der Waals surface area contributed by atoms with Gasteiger partial charge in [0.25, 0.3) is 5.91 Å². The fraction of sp³-hybridized carbons (Fsp3) is 0.353. The first-order valence-electron chi connectivity index (χ1n) is 7.83. The Hall–Kier alpha value is -3.03. The van der Waals surface area contributed by atoms with E-state index >= 15 is 0 Å². The minimum absolute atomic E-state index is 0.153. The fourth-order valence-corrected chi connectivity index (χ4v) is 2.31. The Morgan fingerprint density at radius 1 is 1.28 bits per heavy atom. The highest BCUT2D eigenvalue weighted by atomic mass is 16.7. The number of aryl methyl sites for hydroxylation is 2. The molecule has 132 valence electrons. The molecule has 1 aromatic carbocycles. The van der Waals surface area contributed by atoms with Gasteiger partial charge in [0.2, 0.25) is 6.79 Å². The molecule has 1 aliphatic heterocycles. The molecule has 1 aliphatic rings. The summed E-state index contributed by atoms with van der Waals surface area (Å²) in [5, 5.41) is 6.17. The maximum atomic E-state index is 12.0. The van der Waals surface area contributed by atoms with Crippen LogP contribution in [0.2, 0.25) is 0 Å². The second-order valence-electron chi connectivity index (χ2n) is 5.63. The molecule has 25 heavy (non-hydrogen) atoms. The minimum atomic E-state index is -0.929. The number of benzene rings is 1. The first kappa shape index (κ1) is 16.8. The molecule has 2 aromatic rings. The molecule has 2 heterocycles. The summed E-state index contributed by atoms with van der Waals surface area (Å²) in [6, 6.07) is 7.08. The molecule has 1 N–H and O–H groups in total. The largest absolute Gasteiger partial charge is 0.454 e. The first-order valence-corrected chi connectivity index (χ1v) is 7.83. The number of esters is 1. The van der Waals surface area contributed by atoms with Gasteiger partial charge in [0.1, 0.15) is 5.76 Å². The molecule has 8 nitrogen and oxygen atoms in total. The zero-order chi connectivity index (χ0) is 17.8. The molecule has 1 aromatic heterocycles. The van der Waals surface area contributed by atoms with Gasteiger partial charge >= 0.3 is 5.97 Å². The molecule has 0 fully saturated rings. The van der Waals surface area contributed by atoms with Crippen molar-refractivity contribution in [3.05, 3.63) is 35.6 Å². The molecule has 0 unspecified atom stereocenters. The van der Waals surface area contributed by atoms with Gasteiger partial charge in [-0.1, -0.05) is 11.2 Å². The molecule has 0 radical (unpaired) electrons. The minimum Gasteiger partial charge on any atom is -0.454 e. The average molecular weight is 346 g/mol. The van der Waals surface area contributed by atoms with Crippen LogP contribution in [0.1, 0.15) is 24.7 Å². The second kappa shape index (κ2) is 7.25. The van der Waals surface area contributed by atoms with Crippen molar-refractivity contribution in [3.63, 3.8) is 0 Å². The number of carbonyl (C=O) groups excluding carboxylic acids is 2. The summed E-state index contributed by atoms with van der Waals surface area (Å²) in [5.41, 5.74) is 0.927. The molecule has 1 atom stereocenters. The van der Waals surface area contributed by atoms with E-state index in [0.717, 1.165) is 5.56 Å². The third kappa shape index (κ3) is 4.28. The van der Waals surface area contributed by atoms with E-state index in [2.05, 4.69) is 10.5 Å². The molecule has 0 saturated carbocycles. The van der Waals surface area contributed by atoms with E-state index in [4.69, 9.17) is 18.7 Å². The van der Waals surface area contributed by atoms with Crippen molar-refractivity contribution in [3.8, 4) is 11.5 Å².